The summed E-state index contributed by atoms with van der Waals surface area (Å²) in [6.45, 7) is 4.76. The SMILES string of the molecule is CC[C@H](N)c1ccc(N(C)CC(C)C#N)cc1. The van der Waals surface area contributed by atoms with Gasteiger partial charge in [0, 0.05) is 25.3 Å². The molecule has 0 aromatic heterocycles. The van der Waals surface area contributed by atoms with Crippen molar-refractivity contribution < 1.29 is 0 Å². The lowest BCUT2D eigenvalue weighted by atomic mass is 10.0. The summed E-state index contributed by atoms with van der Waals surface area (Å²) in [6, 6.07) is 10.6. The maximum atomic E-state index is 8.79. The van der Waals surface area contributed by atoms with Crippen molar-refractivity contribution >= 4 is 5.69 Å². The molecular formula is C14H21N3. The summed E-state index contributed by atoms with van der Waals surface area (Å²) in [5, 5.41) is 8.79. The summed E-state index contributed by atoms with van der Waals surface area (Å²) < 4.78 is 0. The molecule has 0 heterocycles. The molecule has 1 aromatic rings. The van der Waals surface area contributed by atoms with Crippen LogP contribution in [0.2, 0.25) is 0 Å². The minimum atomic E-state index is 0.0394. The molecule has 92 valence electrons. The molecule has 0 amide bonds. The van der Waals surface area contributed by atoms with Crippen molar-refractivity contribution in [1.29, 1.82) is 5.26 Å². The van der Waals surface area contributed by atoms with Crippen molar-refractivity contribution in [1.82, 2.24) is 0 Å². The molecule has 3 heteroatoms. The van der Waals surface area contributed by atoms with Crippen LogP contribution >= 0.6 is 0 Å². The van der Waals surface area contributed by atoms with Crippen LogP contribution in [0.25, 0.3) is 0 Å². The number of nitrogens with two attached hydrogens (primary N) is 1. The zero-order valence-electron chi connectivity index (χ0n) is 10.9. The molecule has 0 aliphatic rings. The largest absolute Gasteiger partial charge is 0.373 e. The zero-order valence-corrected chi connectivity index (χ0v) is 10.9. The van der Waals surface area contributed by atoms with E-state index in [2.05, 4.69) is 42.2 Å². The number of benzene rings is 1. The first-order valence-electron chi connectivity index (χ1n) is 6.04. The summed E-state index contributed by atoms with van der Waals surface area (Å²) in [6.07, 6.45) is 0.945. The van der Waals surface area contributed by atoms with E-state index in [1.165, 1.54) is 0 Å². The second-order valence-electron chi connectivity index (χ2n) is 4.52. The summed E-state index contributed by atoms with van der Waals surface area (Å²) >= 11 is 0. The molecule has 17 heavy (non-hydrogen) atoms. The van der Waals surface area contributed by atoms with E-state index in [1.807, 2.05) is 14.0 Å². The molecule has 0 aliphatic heterocycles. The molecule has 1 rings (SSSR count). The lowest BCUT2D eigenvalue weighted by molar-refractivity contribution is 0.696. The molecule has 0 bridgehead atoms. The fraction of sp³-hybridized carbons (Fsp3) is 0.500. The van der Waals surface area contributed by atoms with Crippen molar-refractivity contribution in [2.75, 3.05) is 18.5 Å². The number of hydrogen-bond donors (Lipinski definition) is 1. The van der Waals surface area contributed by atoms with Crippen LogP contribution in [-0.4, -0.2) is 13.6 Å². The average Bonchev–Trinajstić information content (AvgIpc) is 2.37. The zero-order chi connectivity index (χ0) is 12.8. The Hall–Kier alpha value is -1.53. The molecule has 3 nitrogen and oxygen atoms in total. The van der Waals surface area contributed by atoms with Crippen LogP contribution in [0.5, 0.6) is 0 Å². The topological polar surface area (TPSA) is 53.0 Å². The van der Waals surface area contributed by atoms with Gasteiger partial charge in [-0.15, -0.1) is 0 Å². The minimum absolute atomic E-state index is 0.0394. The van der Waals surface area contributed by atoms with Crippen LogP contribution in [0.3, 0.4) is 0 Å². The van der Waals surface area contributed by atoms with Gasteiger partial charge < -0.3 is 10.6 Å². The van der Waals surface area contributed by atoms with E-state index in [0.29, 0.717) is 0 Å². The predicted molar refractivity (Wildman–Crippen MR) is 71.7 cm³/mol. The van der Waals surface area contributed by atoms with Crippen LogP contribution < -0.4 is 10.6 Å². The Bertz CT molecular complexity index is 377. The van der Waals surface area contributed by atoms with Gasteiger partial charge >= 0.3 is 0 Å². The normalized spacial score (nSPS) is 13.8. The molecule has 0 saturated carbocycles. The monoisotopic (exact) mass is 231 g/mol. The summed E-state index contributed by atoms with van der Waals surface area (Å²) in [7, 11) is 2.00. The van der Waals surface area contributed by atoms with E-state index in [9.17, 15) is 0 Å². The average molecular weight is 231 g/mol. The van der Waals surface area contributed by atoms with Crippen molar-refractivity contribution in [3.05, 3.63) is 29.8 Å². The van der Waals surface area contributed by atoms with Crippen molar-refractivity contribution in [3.8, 4) is 6.07 Å². The smallest absolute Gasteiger partial charge is 0.0671 e. The van der Waals surface area contributed by atoms with E-state index in [0.717, 1.165) is 24.2 Å². The molecular weight excluding hydrogens is 210 g/mol. The Morgan fingerprint density at radius 1 is 1.35 bits per heavy atom. The Labute approximate surface area is 104 Å². The third-order valence-electron chi connectivity index (χ3n) is 2.97. The van der Waals surface area contributed by atoms with Crippen LogP contribution in [-0.2, 0) is 0 Å². The third-order valence-corrected chi connectivity index (χ3v) is 2.97. The maximum absolute atomic E-state index is 8.79. The molecule has 0 aliphatic carbocycles. The molecule has 0 radical (unpaired) electrons. The summed E-state index contributed by atoms with van der Waals surface area (Å²) in [5.41, 5.74) is 8.26. The van der Waals surface area contributed by atoms with E-state index in [-0.39, 0.29) is 12.0 Å². The lowest BCUT2D eigenvalue weighted by Crippen LogP contribution is -2.23. The highest BCUT2D eigenvalue weighted by molar-refractivity contribution is 5.47. The van der Waals surface area contributed by atoms with Crippen LogP contribution in [0.1, 0.15) is 31.9 Å². The number of rotatable bonds is 5. The van der Waals surface area contributed by atoms with E-state index >= 15 is 0 Å². The fourth-order valence-corrected chi connectivity index (χ4v) is 1.77. The molecule has 0 spiro atoms. The second kappa shape index (κ2) is 6.27. The standard InChI is InChI=1S/C14H21N3/c1-4-14(16)12-5-7-13(8-6-12)17(3)10-11(2)9-15/h5-8,11,14H,4,10,16H2,1-3H3/t11?,14-/m0/s1. The fourth-order valence-electron chi connectivity index (χ4n) is 1.77. The summed E-state index contributed by atoms with van der Waals surface area (Å²) in [4.78, 5) is 2.09. The van der Waals surface area contributed by atoms with Gasteiger partial charge in [0.25, 0.3) is 0 Å². The van der Waals surface area contributed by atoms with E-state index in [4.69, 9.17) is 11.0 Å². The number of hydrogen-bond acceptors (Lipinski definition) is 3. The number of nitriles is 1. The maximum Gasteiger partial charge on any atom is 0.0671 e. The van der Waals surface area contributed by atoms with Gasteiger partial charge in [0.15, 0.2) is 0 Å². The molecule has 0 fully saturated rings. The van der Waals surface area contributed by atoms with Crippen LogP contribution in [0, 0.1) is 17.2 Å². The Morgan fingerprint density at radius 3 is 2.41 bits per heavy atom. The van der Waals surface area contributed by atoms with Gasteiger partial charge in [-0.05, 0) is 31.0 Å². The quantitative estimate of drug-likeness (QED) is 0.847. The third kappa shape index (κ3) is 3.76. The number of nitrogens with zero attached hydrogens (tertiary/aromatic N) is 2. The van der Waals surface area contributed by atoms with Gasteiger partial charge in [-0.25, -0.2) is 0 Å². The van der Waals surface area contributed by atoms with Crippen molar-refractivity contribution in [2.45, 2.75) is 26.3 Å². The van der Waals surface area contributed by atoms with Crippen LogP contribution in [0.4, 0.5) is 5.69 Å². The first-order chi connectivity index (χ1) is 8.08. The molecule has 1 aromatic carbocycles. The Balaban J connectivity index is 2.71. The van der Waals surface area contributed by atoms with E-state index < -0.39 is 0 Å². The second-order valence-corrected chi connectivity index (χ2v) is 4.52. The first kappa shape index (κ1) is 13.5. The van der Waals surface area contributed by atoms with Crippen LogP contribution in [0.15, 0.2) is 24.3 Å². The molecule has 2 N–H and O–H groups in total. The molecule has 2 atom stereocenters. The van der Waals surface area contributed by atoms with E-state index in [1.54, 1.807) is 0 Å². The highest BCUT2D eigenvalue weighted by Crippen LogP contribution is 2.19. The van der Waals surface area contributed by atoms with Crippen molar-refractivity contribution in [3.63, 3.8) is 0 Å². The van der Waals surface area contributed by atoms with Gasteiger partial charge in [-0.3, -0.25) is 0 Å². The van der Waals surface area contributed by atoms with Crippen molar-refractivity contribution in [2.24, 2.45) is 11.7 Å². The highest BCUT2D eigenvalue weighted by atomic mass is 15.1. The predicted octanol–water partition coefficient (Wildman–Crippen LogP) is 2.69. The molecule has 1 unspecified atom stereocenters. The van der Waals surface area contributed by atoms with Gasteiger partial charge in [0.2, 0.25) is 0 Å². The lowest BCUT2D eigenvalue weighted by Gasteiger charge is -2.21. The van der Waals surface area contributed by atoms with Gasteiger partial charge in [0.05, 0.1) is 12.0 Å². The highest BCUT2D eigenvalue weighted by Gasteiger charge is 2.07. The summed E-state index contributed by atoms with van der Waals surface area (Å²) in [5.74, 6) is 0.0394. The Kier molecular flexibility index (Phi) is 4.99. The van der Waals surface area contributed by atoms with Gasteiger partial charge in [0.1, 0.15) is 0 Å². The van der Waals surface area contributed by atoms with Gasteiger partial charge in [-0.2, -0.15) is 5.26 Å². The minimum Gasteiger partial charge on any atom is -0.373 e. The number of anilines is 1. The Morgan fingerprint density at radius 2 is 1.94 bits per heavy atom. The first-order valence-corrected chi connectivity index (χ1v) is 6.04. The van der Waals surface area contributed by atoms with Gasteiger partial charge in [-0.1, -0.05) is 19.1 Å². The molecule has 0 saturated heterocycles.